The van der Waals surface area contributed by atoms with Crippen LogP contribution in [0, 0.1) is 0 Å². The average Bonchev–Trinajstić information content (AvgIpc) is 2.46. The van der Waals surface area contributed by atoms with Crippen LogP contribution in [-0.4, -0.2) is 25.6 Å². The second kappa shape index (κ2) is 2.48. The van der Waals surface area contributed by atoms with Gasteiger partial charge >= 0.3 is 5.97 Å². The van der Waals surface area contributed by atoms with Crippen LogP contribution >= 0.6 is 0 Å². The number of imidazole rings is 1. The van der Waals surface area contributed by atoms with Gasteiger partial charge in [0.2, 0.25) is 0 Å². The summed E-state index contributed by atoms with van der Waals surface area (Å²) in [5.41, 5.74) is 0.459. The highest BCUT2D eigenvalue weighted by Crippen LogP contribution is 2.11. The molecule has 0 atom stereocenters. The molecule has 0 aromatic carbocycles. The molecule has 0 bridgehead atoms. The Morgan fingerprint density at radius 1 is 1.38 bits per heavy atom. The van der Waals surface area contributed by atoms with Crippen LogP contribution in [0.4, 0.5) is 0 Å². The van der Waals surface area contributed by atoms with Crippen molar-refractivity contribution in [2.45, 2.75) is 0 Å². The third kappa shape index (κ3) is 1.20. The van der Waals surface area contributed by atoms with Crippen LogP contribution < -0.4 is 0 Å². The van der Waals surface area contributed by atoms with Gasteiger partial charge in [-0.05, 0) is 12.1 Å². The van der Waals surface area contributed by atoms with E-state index in [4.69, 9.17) is 10.2 Å². The zero-order valence-corrected chi connectivity index (χ0v) is 6.51. The molecule has 2 N–H and O–H groups in total. The van der Waals surface area contributed by atoms with Crippen molar-refractivity contribution in [2.75, 3.05) is 0 Å². The van der Waals surface area contributed by atoms with Crippen molar-refractivity contribution in [3.63, 3.8) is 0 Å². The van der Waals surface area contributed by atoms with Crippen molar-refractivity contribution < 1.29 is 15.0 Å². The van der Waals surface area contributed by atoms with E-state index in [1.165, 1.54) is 22.9 Å². The fraction of sp³-hybridized carbons (Fsp3) is 0. The summed E-state index contributed by atoms with van der Waals surface area (Å²) < 4.78 is 1.46. The van der Waals surface area contributed by atoms with Crippen molar-refractivity contribution in [2.24, 2.45) is 0 Å². The molecule has 0 spiro atoms. The van der Waals surface area contributed by atoms with E-state index >= 15 is 0 Å². The van der Waals surface area contributed by atoms with Crippen molar-refractivity contribution in [1.29, 1.82) is 0 Å². The number of aromatic hydroxyl groups is 1. The number of rotatable bonds is 1. The number of carbonyl (C=O) groups is 1. The van der Waals surface area contributed by atoms with E-state index in [1.807, 2.05) is 0 Å². The minimum atomic E-state index is -1.08. The third-order valence-electron chi connectivity index (χ3n) is 1.65. The van der Waals surface area contributed by atoms with Gasteiger partial charge in [0.15, 0.2) is 5.69 Å². The predicted molar refractivity (Wildman–Crippen MR) is 43.8 cm³/mol. The van der Waals surface area contributed by atoms with Crippen LogP contribution in [0.5, 0.6) is 5.75 Å². The fourth-order valence-electron chi connectivity index (χ4n) is 1.08. The molecule has 13 heavy (non-hydrogen) atoms. The van der Waals surface area contributed by atoms with E-state index in [2.05, 4.69) is 4.98 Å². The molecule has 5 nitrogen and oxygen atoms in total. The average molecular weight is 178 g/mol. The number of carboxylic acids is 1. The predicted octanol–water partition coefficient (Wildman–Crippen LogP) is 0.738. The maximum absolute atomic E-state index is 10.5. The number of nitrogens with zero attached hydrogens (tertiary/aromatic N) is 2. The standard InChI is InChI=1S/C8H6N2O3/c11-5-1-2-7-9-6(8(12)13)4-10(7)3-5/h1-4,11H,(H,12,13). The molecular weight excluding hydrogens is 172 g/mol. The lowest BCUT2D eigenvalue weighted by molar-refractivity contribution is 0.0691. The molecule has 0 fully saturated rings. The van der Waals surface area contributed by atoms with Gasteiger partial charge in [0.05, 0.1) is 6.20 Å². The molecule has 0 saturated heterocycles. The highest BCUT2D eigenvalue weighted by atomic mass is 16.4. The summed E-state index contributed by atoms with van der Waals surface area (Å²) in [6.07, 6.45) is 2.74. The SMILES string of the molecule is O=C(O)c1cn2cc(O)ccc2n1. The minimum Gasteiger partial charge on any atom is -0.506 e. The van der Waals surface area contributed by atoms with E-state index in [1.54, 1.807) is 6.07 Å². The molecule has 2 heterocycles. The minimum absolute atomic E-state index is 0.0365. The van der Waals surface area contributed by atoms with Gasteiger partial charge in [0.1, 0.15) is 11.4 Å². The Kier molecular flexibility index (Phi) is 1.45. The maximum Gasteiger partial charge on any atom is 0.356 e. The highest BCUT2D eigenvalue weighted by molar-refractivity contribution is 5.86. The highest BCUT2D eigenvalue weighted by Gasteiger charge is 2.07. The number of pyridine rings is 1. The van der Waals surface area contributed by atoms with Crippen LogP contribution in [-0.2, 0) is 0 Å². The van der Waals surface area contributed by atoms with Crippen molar-refractivity contribution >= 4 is 11.6 Å². The Labute approximate surface area is 72.9 Å². The quantitative estimate of drug-likeness (QED) is 0.675. The number of fused-ring (bicyclic) bond motifs is 1. The van der Waals surface area contributed by atoms with Gasteiger partial charge < -0.3 is 14.6 Å². The summed E-state index contributed by atoms with van der Waals surface area (Å²) in [6.45, 7) is 0. The van der Waals surface area contributed by atoms with Crippen molar-refractivity contribution in [1.82, 2.24) is 9.38 Å². The van der Waals surface area contributed by atoms with Gasteiger partial charge in [-0.3, -0.25) is 0 Å². The molecule has 66 valence electrons. The molecule has 0 unspecified atom stereocenters. The Balaban J connectivity index is 2.68. The Morgan fingerprint density at radius 3 is 2.85 bits per heavy atom. The molecule has 0 aliphatic carbocycles. The van der Waals surface area contributed by atoms with E-state index in [0.29, 0.717) is 5.65 Å². The first kappa shape index (κ1) is 7.60. The van der Waals surface area contributed by atoms with Gasteiger partial charge in [0.25, 0.3) is 0 Å². The molecule has 0 aliphatic heterocycles. The van der Waals surface area contributed by atoms with Crippen molar-refractivity contribution in [3.05, 3.63) is 30.2 Å². The second-order valence-corrected chi connectivity index (χ2v) is 2.58. The number of aromatic carboxylic acids is 1. The number of hydrogen-bond acceptors (Lipinski definition) is 3. The zero-order valence-electron chi connectivity index (χ0n) is 6.51. The monoisotopic (exact) mass is 178 g/mol. The first-order valence-electron chi connectivity index (χ1n) is 3.58. The first-order chi connectivity index (χ1) is 6.16. The molecule has 2 aromatic rings. The molecule has 0 radical (unpaired) electrons. The zero-order chi connectivity index (χ0) is 9.42. The lowest BCUT2D eigenvalue weighted by atomic mass is 10.4. The third-order valence-corrected chi connectivity index (χ3v) is 1.65. The lowest BCUT2D eigenvalue weighted by Gasteiger charge is -1.92. The summed E-state index contributed by atoms with van der Waals surface area (Å²) >= 11 is 0. The molecule has 0 amide bonds. The summed E-state index contributed by atoms with van der Waals surface area (Å²) in [7, 11) is 0. The van der Waals surface area contributed by atoms with E-state index in [0.717, 1.165) is 0 Å². The van der Waals surface area contributed by atoms with Gasteiger partial charge in [-0.1, -0.05) is 0 Å². The molecule has 0 aliphatic rings. The summed E-state index contributed by atoms with van der Waals surface area (Å²) in [5, 5.41) is 17.7. The largest absolute Gasteiger partial charge is 0.506 e. The van der Waals surface area contributed by atoms with Crippen molar-refractivity contribution in [3.8, 4) is 5.75 Å². The topological polar surface area (TPSA) is 74.8 Å². The number of aromatic nitrogens is 2. The van der Waals surface area contributed by atoms with Gasteiger partial charge in [0, 0.05) is 6.20 Å². The Hall–Kier alpha value is -2.04. The van der Waals surface area contributed by atoms with Gasteiger partial charge in [-0.15, -0.1) is 0 Å². The van der Waals surface area contributed by atoms with E-state index in [-0.39, 0.29) is 11.4 Å². The van der Waals surface area contributed by atoms with E-state index in [9.17, 15) is 4.79 Å². The number of hydrogen-bond donors (Lipinski definition) is 2. The van der Waals surface area contributed by atoms with Gasteiger partial charge in [-0.2, -0.15) is 0 Å². The van der Waals surface area contributed by atoms with Crippen LogP contribution in [0.2, 0.25) is 0 Å². The molecule has 2 rings (SSSR count). The molecule has 5 heteroatoms. The molecular formula is C8H6N2O3. The Bertz CT molecular complexity index is 475. The summed E-state index contributed by atoms with van der Waals surface area (Å²) in [6, 6.07) is 3.00. The molecule has 2 aromatic heterocycles. The summed E-state index contributed by atoms with van der Waals surface area (Å²) in [4.78, 5) is 14.3. The lowest BCUT2D eigenvalue weighted by Crippen LogP contribution is -1.94. The molecule has 0 saturated carbocycles. The maximum atomic E-state index is 10.5. The van der Waals surface area contributed by atoms with E-state index < -0.39 is 5.97 Å². The Morgan fingerprint density at radius 2 is 2.15 bits per heavy atom. The van der Waals surface area contributed by atoms with Crippen LogP contribution in [0.1, 0.15) is 10.5 Å². The fourth-order valence-corrected chi connectivity index (χ4v) is 1.08. The summed E-state index contributed by atoms with van der Waals surface area (Å²) in [5.74, 6) is -1.01. The number of carboxylic acid groups (broad SMARTS) is 1. The van der Waals surface area contributed by atoms with Crippen LogP contribution in [0.25, 0.3) is 5.65 Å². The van der Waals surface area contributed by atoms with Gasteiger partial charge in [-0.25, -0.2) is 9.78 Å². The first-order valence-corrected chi connectivity index (χ1v) is 3.58. The van der Waals surface area contributed by atoms with Crippen LogP contribution in [0.3, 0.4) is 0 Å². The second-order valence-electron chi connectivity index (χ2n) is 2.58. The normalized spacial score (nSPS) is 10.5. The van der Waals surface area contributed by atoms with Crippen LogP contribution in [0.15, 0.2) is 24.5 Å². The smallest absolute Gasteiger partial charge is 0.356 e.